The van der Waals surface area contributed by atoms with Gasteiger partial charge in [0.25, 0.3) is 0 Å². The van der Waals surface area contributed by atoms with Gasteiger partial charge < -0.3 is 14.5 Å². The molecule has 46 heavy (non-hydrogen) atoms. The first kappa shape index (κ1) is 34.6. The minimum absolute atomic E-state index is 0.107. The van der Waals surface area contributed by atoms with Crippen LogP contribution in [0, 0.1) is 0 Å². The molecule has 0 spiro atoms. The summed E-state index contributed by atoms with van der Waals surface area (Å²) < 4.78 is 6.30. The summed E-state index contributed by atoms with van der Waals surface area (Å²) in [5.74, 6) is 1.15. The van der Waals surface area contributed by atoms with E-state index in [0.717, 1.165) is 29.5 Å². The summed E-state index contributed by atoms with van der Waals surface area (Å²) in [6, 6.07) is 19.7. The third kappa shape index (κ3) is 6.14. The van der Waals surface area contributed by atoms with Gasteiger partial charge in [0.1, 0.15) is 22.7 Å². The predicted molar refractivity (Wildman–Crippen MR) is 191 cm³/mol. The number of halogens is 3. The molecule has 5 rings (SSSR count). The smallest absolute Gasteiger partial charge is 0.326 e. The molecule has 2 atom stereocenters. The maximum atomic E-state index is 15.1. The van der Waals surface area contributed by atoms with Gasteiger partial charge >= 0.3 is 6.03 Å². The summed E-state index contributed by atoms with van der Waals surface area (Å²) in [5, 5.41) is 1.84. The van der Waals surface area contributed by atoms with Crippen LogP contribution in [0.25, 0.3) is 0 Å². The van der Waals surface area contributed by atoms with Crippen molar-refractivity contribution in [2.75, 3.05) is 33.8 Å². The van der Waals surface area contributed by atoms with Crippen molar-refractivity contribution in [2.24, 2.45) is 4.99 Å². The number of urea groups is 1. The lowest BCUT2D eigenvalue weighted by Gasteiger charge is -2.47. The van der Waals surface area contributed by atoms with Crippen LogP contribution in [0.5, 0.6) is 5.75 Å². The molecule has 3 aromatic rings. The molecule has 2 amide bonds. The van der Waals surface area contributed by atoms with Gasteiger partial charge in [-0.1, -0.05) is 79.8 Å². The van der Waals surface area contributed by atoms with E-state index in [1.54, 1.807) is 0 Å². The van der Waals surface area contributed by atoms with E-state index in [-0.39, 0.29) is 11.4 Å². The number of piperidine rings is 1. The summed E-state index contributed by atoms with van der Waals surface area (Å²) in [5.41, 5.74) is 1.33. The number of carbonyl (C=O) groups excluding carboxylic acids is 1. The molecule has 1 saturated heterocycles. The molecule has 0 aromatic heterocycles. The Kier molecular flexibility index (Phi) is 9.79. The highest BCUT2D eigenvalue weighted by molar-refractivity contribution is 6.32. The maximum Gasteiger partial charge on any atom is 0.326 e. The average molecular weight is 684 g/mol. The number of hydrogen-bond acceptors (Lipinski definition) is 4. The van der Waals surface area contributed by atoms with Crippen LogP contribution in [-0.2, 0) is 16.5 Å². The van der Waals surface area contributed by atoms with E-state index in [1.165, 1.54) is 0 Å². The molecule has 0 unspecified atom stereocenters. The molecule has 0 saturated carbocycles. The number of nitrogens with zero attached hydrogens (tertiary/aromatic N) is 4. The normalized spacial score (nSPS) is 22.4. The average Bonchev–Trinajstić information content (AvgIpc) is 3.25. The molecular weight excluding hydrogens is 639 g/mol. The highest BCUT2D eigenvalue weighted by Gasteiger charge is 2.60. The second-order valence-corrected chi connectivity index (χ2v) is 15.2. The second-order valence-electron chi connectivity index (χ2n) is 13.9. The van der Waals surface area contributed by atoms with Crippen molar-refractivity contribution in [1.29, 1.82) is 0 Å². The highest BCUT2D eigenvalue weighted by atomic mass is 35.5. The van der Waals surface area contributed by atoms with Crippen LogP contribution in [0.15, 0.2) is 65.7 Å². The van der Waals surface area contributed by atoms with Crippen molar-refractivity contribution in [3.05, 3.63) is 98.0 Å². The Labute approximate surface area is 289 Å². The number of ether oxygens (including phenoxy) is 1. The van der Waals surface area contributed by atoms with Crippen LogP contribution in [0.4, 0.5) is 4.79 Å². The zero-order valence-corrected chi connectivity index (χ0v) is 30.4. The zero-order chi connectivity index (χ0) is 33.6. The van der Waals surface area contributed by atoms with Crippen molar-refractivity contribution < 1.29 is 9.53 Å². The maximum absolute atomic E-state index is 15.1. The lowest BCUT2D eigenvalue weighted by atomic mass is 9.71. The molecule has 0 bridgehead atoms. The van der Waals surface area contributed by atoms with Crippen LogP contribution in [-0.4, -0.2) is 66.4 Å². The van der Waals surface area contributed by atoms with E-state index >= 15 is 4.79 Å². The number of carbonyl (C=O) groups is 1. The first-order chi connectivity index (χ1) is 21.6. The fraction of sp³-hybridized carbons (Fsp3) is 0.459. The minimum Gasteiger partial charge on any atom is -0.493 e. The SMILES string of the molecule is CCOc1cc(C(C)(C)C)c(Cl)cc1C1=N[C@@](C)(c2ccc(Cl)cc2)[C@](C)(c2ccc(Cl)cc2)N1C(=O)N1CCC(N(C)C)CC1. The van der Waals surface area contributed by atoms with Gasteiger partial charge in [-0.2, -0.15) is 0 Å². The number of benzene rings is 3. The predicted octanol–water partition coefficient (Wildman–Crippen LogP) is 9.38. The Bertz CT molecular complexity index is 1610. The molecule has 0 N–H and O–H groups in total. The number of hydrogen-bond donors (Lipinski definition) is 0. The van der Waals surface area contributed by atoms with Gasteiger partial charge in [0, 0.05) is 34.2 Å². The van der Waals surface area contributed by atoms with Gasteiger partial charge in [-0.25, -0.2) is 4.79 Å². The second kappa shape index (κ2) is 13.0. The van der Waals surface area contributed by atoms with Crippen LogP contribution in [0.2, 0.25) is 15.1 Å². The van der Waals surface area contributed by atoms with E-state index in [1.807, 2.05) is 77.4 Å². The molecule has 9 heteroatoms. The Balaban J connectivity index is 1.79. The topological polar surface area (TPSA) is 48.4 Å². The number of amides is 2. The molecule has 0 aliphatic carbocycles. The first-order valence-electron chi connectivity index (χ1n) is 16.0. The van der Waals surface area contributed by atoms with Crippen molar-refractivity contribution in [3.63, 3.8) is 0 Å². The van der Waals surface area contributed by atoms with Crippen molar-refractivity contribution >= 4 is 46.7 Å². The standard InChI is InChI=1S/C37H45Cl3N4O2/c1-9-46-32-23-30(35(2,3)4)31(40)22-29(32)33-41-36(5,24-10-14-26(38)15-11-24)37(6,25-12-16-27(39)17-13-25)44(33)34(45)43-20-18-28(19-21-43)42(7)8/h10-17,22-23,28H,9,18-21H2,1-8H3/t36-,37-/m0/s1. The minimum atomic E-state index is -0.977. The number of rotatable bonds is 6. The summed E-state index contributed by atoms with van der Waals surface area (Å²) in [6.45, 7) is 14.2. The Hall–Kier alpha value is -2.77. The van der Waals surface area contributed by atoms with Crippen molar-refractivity contribution in [3.8, 4) is 5.75 Å². The fourth-order valence-corrected chi connectivity index (χ4v) is 7.56. The third-order valence-corrected chi connectivity index (χ3v) is 10.6. The summed E-state index contributed by atoms with van der Waals surface area (Å²) in [7, 11) is 4.20. The van der Waals surface area contributed by atoms with Gasteiger partial charge in [-0.15, -0.1) is 0 Å². The van der Waals surface area contributed by atoms with Gasteiger partial charge in [-0.3, -0.25) is 9.89 Å². The summed E-state index contributed by atoms with van der Waals surface area (Å²) in [4.78, 5) is 26.7. The van der Waals surface area contributed by atoms with Gasteiger partial charge in [0.2, 0.25) is 0 Å². The Morgan fingerprint density at radius 1 is 0.935 bits per heavy atom. The van der Waals surface area contributed by atoms with Crippen LogP contribution in [0.3, 0.4) is 0 Å². The highest BCUT2D eigenvalue weighted by Crippen LogP contribution is 2.54. The van der Waals surface area contributed by atoms with Crippen LogP contribution >= 0.6 is 34.8 Å². The van der Waals surface area contributed by atoms with Crippen LogP contribution in [0.1, 0.15) is 76.6 Å². The molecule has 2 aliphatic heterocycles. The van der Waals surface area contributed by atoms with E-state index in [4.69, 9.17) is 44.5 Å². The number of likely N-dealkylation sites (tertiary alicyclic amines) is 1. The third-order valence-electron chi connectivity index (χ3n) is 9.82. The van der Waals surface area contributed by atoms with Gasteiger partial charge in [0.15, 0.2) is 0 Å². The summed E-state index contributed by atoms with van der Waals surface area (Å²) >= 11 is 19.8. The molecule has 2 aliphatic rings. The van der Waals surface area contributed by atoms with Crippen molar-refractivity contribution in [2.45, 2.75) is 76.9 Å². The first-order valence-corrected chi connectivity index (χ1v) is 17.1. The fourth-order valence-electron chi connectivity index (χ4n) is 6.86. The molecule has 2 heterocycles. The quantitative estimate of drug-likeness (QED) is 0.260. The molecule has 6 nitrogen and oxygen atoms in total. The Morgan fingerprint density at radius 2 is 1.48 bits per heavy atom. The summed E-state index contributed by atoms with van der Waals surface area (Å²) in [6.07, 6.45) is 1.78. The zero-order valence-electron chi connectivity index (χ0n) is 28.1. The molecule has 246 valence electrons. The monoisotopic (exact) mass is 682 g/mol. The molecular formula is C37H45Cl3N4O2. The lowest BCUT2D eigenvalue weighted by molar-refractivity contribution is 0.0911. The number of aliphatic imine (C=N–C) groups is 1. The van der Waals surface area contributed by atoms with E-state index in [0.29, 0.717) is 58.0 Å². The van der Waals surface area contributed by atoms with Crippen LogP contribution < -0.4 is 4.74 Å². The lowest BCUT2D eigenvalue weighted by Crippen LogP contribution is -2.59. The molecule has 1 fully saturated rings. The number of amidine groups is 1. The molecule has 0 radical (unpaired) electrons. The van der Waals surface area contributed by atoms with Gasteiger partial charge in [-0.05, 0) is 106 Å². The molecule has 3 aromatic carbocycles. The largest absolute Gasteiger partial charge is 0.493 e. The van der Waals surface area contributed by atoms with Gasteiger partial charge in [0.05, 0.1) is 12.2 Å². The van der Waals surface area contributed by atoms with E-state index < -0.39 is 11.1 Å². The van der Waals surface area contributed by atoms with E-state index in [2.05, 4.69) is 53.6 Å². The Morgan fingerprint density at radius 3 is 1.98 bits per heavy atom. The van der Waals surface area contributed by atoms with E-state index in [9.17, 15) is 0 Å². The van der Waals surface area contributed by atoms with Crippen molar-refractivity contribution in [1.82, 2.24) is 14.7 Å².